The van der Waals surface area contributed by atoms with E-state index >= 15 is 0 Å². The van der Waals surface area contributed by atoms with Crippen molar-refractivity contribution in [1.82, 2.24) is 0 Å². The fourth-order valence-electron chi connectivity index (χ4n) is 1.61. The van der Waals surface area contributed by atoms with E-state index < -0.39 is 10.1 Å². The quantitative estimate of drug-likeness (QED) is 0.828. The minimum absolute atomic E-state index is 0.0358. The molecule has 0 heterocycles. The minimum Gasteiger partial charge on any atom is -0.282 e. The third-order valence-corrected chi connectivity index (χ3v) is 3.51. The van der Waals surface area contributed by atoms with E-state index in [1.165, 1.54) is 0 Å². The van der Waals surface area contributed by atoms with Crippen LogP contribution in [0.25, 0.3) is 0 Å². The van der Waals surface area contributed by atoms with Crippen molar-refractivity contribution in [3.63, 3.8) is 0 Å². The maximum Gasteiger partial charge on any atom is 0.294 e. The first-order valence-electron chi connectivity index (χ1n) is 5.34. The molecule has 1 rings (SSSR count). The molecule has 0 aliphatic rings. The van der Waals surface area contributed by atoms with Crippen molar-refractivity contribution in [1.29, 1.82) is 0 Å². The van der Waals surface area contributed by atoms with E-state index in [2.05, 4.69) is 0 Å². The number of rotatable bonds is 3. The average molecular weight is 242 g/mol. The van der Waals surface area contributed by atoms with E-state index in [9.17, 15) is 13.0 Å². The van der Waals surface area contributed by atoms with Gasteiger partial charge in [0.2, 0.25) is 0 Å². The van der Waals surface area contributed by atoms with Crippen LogP contribution in [0.2, 0.25) is 0 Å². The molecule has 16 heavy (non-hydrogen) atoms. The van der Waals surface area contributed by atoms with Crippen LogP contribution in [0, 0.1) is 0 Å². The van der Waals surface area contributed by atoms with E-state index in [0.717, 1.165) is 5.56 Å². The van der Waals surface area contributed by atoms with Gasteiger partial charge < -0.3 is 0 Å². The zero-order valence-electron chi connectivity index (χ0n) is 10.1. The second kappa shape index (κ2) is 4.55. The van der Waals surface area contributed by atoms with Crippen LogP contribution in [0.15, 0.2) is 23.1 Å². The van der Waals surface area contributed by atoms with Gasteiger partial charge in [-0.25, -0.2) is 0 Å². The van der Waals surface area contributed by atoms with Gasteiger partial charge in [0.05, 0.1) is 4.90 Å². The third kappa shape index (κ3) is 2.83. The molecule has 0 aromatic heterocycles. The standard InChI is InChI=1S/C12H18O3S/c1-8(2)10-5-6-11(9(3)4)12(7-10)16(13,14)15/h5-9H,1-4H3,(H,13,14,15). The highest BCUT2D eigenvalue weighted by molar-refractivity contribution is 7.85. The first-order valence-corrected chi connectivity index (χ1v) is 6.78. The largest absolute Gasteiger partial charge is 0.294 e. The summed E-state index contributed by atoms with van der Waals surface area (Å²) < 4.78 is 31.8. The Morgan fingerprint density at radius 1 is 1.06 bits per heavy atom. The molecule has 0 saturated carbocycles. The summed E-state index contributed by atoms with van der Waals surface area (Å²) in [6, 6.07) is 5.26. The van der Waals surface area contributed by atoms with Gasteiger partial charge in [-0.05, 0) is 29.0 Å². The van der Waals surface area contributed by atoms with Crippen LogP contribution in [-0.4, -0.2) is 13.0 Å². The molecule has 0 spiro atoms. The second-order valence-electron chi connectivity index (χ2n) is 4.58. The fraction of sp³-hybridized carbons (Fsp3) is 0.500. The van der Waals surface area contributed by atoms with Gasteiger partial charge in [0.1, 0.15) is 0 Å². The Hall–Kier alpha value is -0.870. The zero-order valence-corrected chi connectivity index (χ0v) is 10.9. The molecule has 0 aliphatic carbocycles. The van der Waals surface area contributed by atoms with Crippen molar-refractivity contribution >= 4 is 10.1 Å². The van der Waals surface area contributed by atoms with Crippen LogP contribution in [0.3, 0.4) is 0 Å². The summed E-state index contributed by atoms with van der Waals surface area (Å²) in [5, 5.41) is 0. The summed E-state index contributed by atoms with van der Waals surface area (Å²) in [6.45, 7) is 7.77. The maximum atomic E-state index is 11.3. The van der Waals surface area contributed by atoms with Crippen LogP contribution < -0.4 is 0 Å². The molecule has 0 aliphatic heterocycles. The van der Waals surface area contributed by atoms with E-state index in [4.69, 9.17) is 0 Å². The normalized spacial score (nSPS) is 12.4. The SMILES string of the molecule is CC(C)c1ccc(C(C)C)c(S(=O)(=O)O)c1. The summed E-state index contributed by atoms with van der Waals surface area (Å²) in [4.78, 5) is 0.0358. The highest BCUT2D eigenvalue weighted by Gasteiger charge is 2.18. The average Bonchev–Trinajstić information content (AvgIpc) is 2.15. The van der Waals surface area contributed by atoms with Gasteiger partial charge >= 0.3 is 0 Å². The van der Waals surface area contributed by atoms with Gasteiger partial charge in [-0.15, -0.1) is 0 Å². The van der Waals surface area contributed by atoms with Crippen molar-refractivity contribution in [2.24, 2.45) is 0 Å². The Morgan fingerprint density at radius 3 is 2.00 bits per heavy atom. The van der Waals surface area contributed by atoms with Crippen LogP contribution in [0.1, 0.15) is 50.7 Å². The molecule has 0 unspecified atom stereocenters. The molecular formula is C12H18O3S. The van der Waals surface area contributed by atoms with Gasteiger partial charge in [-0.1, -0.05) is 39.8 Å². The molecule has 0 fully saturated rings. The smallest absolute Gasteiger partial charge is 0.282 e. The lowest BCUT2D eigenvalue weighted by molar-refractivity contribution is 0.481. The molecule has 1 aromatic rings. The molecule has 4 heteroatoms. The monoisotopic (exact) mass is 242 g/mol. The van der Waals surface area contributed by atoms with Gasteiger partial charge in [-0.2, -0.15) is 8.42 Å². The number of hydrogen-bond acceptors (Lipinski definition) is 2. The Kier molecular flexibility index (Phi) is 3.76. The van der Waals surface area contributed by atoms with E-state index in [1.54, 1.807) is 12.1 Å². The van der Waals surface area contributed by atoms with Gasteiger partial charge in [0, 0.05) is 0 Å². The lowest BCUT2D eigenvalue weighted by atomic mass is 9.97. The summed E-state index contributed by atoms with van der Waals surface area (Å²) in [5.74, 6) is 0.305. The predicted molar refractivity (Wildman–Crippen MR) is 64.4 cm³/mol. The summed E-state index contributed by atoms with van der Waals surface area (Å²) in [7, 11) is -4.13. The predicted octanol–water partition coefficient (Wildman–Crippen LogP) is 3.18. The Balaban J connectivity index is 3.45. The van der Waals surface area contributed by atoms with Crippen molar-refractivity contribution in [2.75, 3.05) is 0 Å². The van der Waals surface area contributed by atoms with Crippen LogP contribution >= 0.6 is 0 Å². The van der Waals surface area contributed by atoms with E-state index in [1.807, 2.05) is 33.8 Å². The van der Waals surface area contributed by atoms with Crippen LogP contribution in [0.5, 0.6) is 0 Å². The van der Waals surface area contributed by atoms with Crippen molar-refractivity contribution in [2.45, 2.75) is 44.4 Å². The molecule has 0 amide bonds. The topological polar surface area (TPSA) is 54.4 Å². The minimum atomic E-state index is -4.13. The first-order chi connectivity index (χ1) is 7.23. The molecular weight excluding hydrogens is 224 g/mol. The number of benzene rings is 1. The van der Waals surface area contributed by atoms with Crippen molar-refractivity contribution < 1.29 is 13.0 Å². The van der Waals surface area contributed by atoms with Crippen LogP contribution in [-0.2, 0) is 10.1 Å². The molecule has 1 N–H and O–H groups in total. The molecule has 3 nitrogen and oxygen atoms in total. The highest BCUT2D eigenvalue weighted by Crippen LogP contribution is 2.27. The first kappa shape index (κ1) is 13.2. The molecule has 0 atom stereocenters. The van der Waals surface area contributed by atoms with E-state index in [-0.39, 0.29) is 16.7 Å². The highest BCUT2D eigenvalue weighted by atomic mass is 32.2. The molecule has 90 valence electrons. The van der Waals surface area contributed by atoms with Gasteiger partial charge in [0.15, 0.2) is 0 Å². The Morgan fingerprint density at radius 2 is 1.62 bits per heavy atom. The molecule has 1 aromatic carbocycles. The Labute approximate surface area is 97.2 Å². The molecule has 0 radical (unpaired) electrons. The van der Waals surface area contributed by atoms with Crippen LogP contribution in [0.4, 0.5) is 0 Å². The van der Waals surface area contributed by atoms with E-state index in [0.29, 0.717) is 5.56 Å². The lowest BCUT2D eigenvalue weighted by Gasteiger charge is -2.13. The number of hydrogen-bond donors (Lipinski definition) is 1. The van der Waals surface area contributed by atoms with Gasteiger partial charge in [-0.3, -0.25) is 4.55 Å². The fourth-order valence-corrected chi connectivity index (χ4v) is 2.50. The molecule has 0 bridgehead atoms. The summed E-state index contributed by atoms with van der Waals surface area (Å²) in [6.07, 6.45) is 0. The van der Waals surface area contributed by atoms with Crippen molar-refractivity contribution in [3.05, 3.63) is 29.3 Å². The lowest BCUT2D eigenvalue weighted by Crippen LogP contribution is -2.06. The zero-order chi connectivity index (χ0) is 12.5. The molecule has 0 saturated heterocycles. The third-order valence-electron chi connectivity index (χ3n) is 2.60. The Bertz CT molecular complexity index is 473. The maximum absolute atomic E-state index is 11.3. The second-order valence-corrected chi connectivity index (χ2v) is 5.97. The summed E-state index contributed by atoms with van der Waals surface area (Å²) in [5.41, 5.74) is 1.57. The van der Waals surface area contributed by atoms with Crippen molar-refractivity contribution in [3.8, 4) is 0 Å². The van der Waals surface area contributed by atoms with Gasteiger partial charge in [0.25, 0.3) is 10.1 Å². The summed E-state index contributed by atoms with van der Waals surface area (Å²) >= 11 is 0.